The first-order chi connectivity index (χ1) is 15.5. The molecule has 174 valence electrons. The Labute approximate surface area is 189 Å². The van der Waals surface area contributed by atoms with Gasteiger partial charge in [-0.05, 0) is 37.3 Å². The highest BCUT2D eigenvalue weighted by Gasteiger charge is 2.38. The lowest BCUT2D eigenvalue weighted by atomic mass is 9.95. The van der Waals surface area contributed by atoms with Gasteiger partial charge in [-0.1, -0.05) is 20.3 Å². The fraction of sp³-hybridized carbons (Fsp3) is 0.625. The van der Waals surface area contributed by atoms with Crippen molar-refractivity contribution in [3.8, 4) is 11.5 Å². The Morgan fingerprint density at radius 3 is 2.56 bits per heavy atom. The molecule has 8 nitrogen and oxygen atoms in total. The number of anilines is 1. The van der Waals surface area contributed by atoms with Crippen molar-refractivity contribution in [2.45, 2.75) is 52.0 Å². The summed E-state index contributed by atoms with van der Waals surface area (Å²) in [5, 5.41) is 3.00. The molecular weight excluding hydrogens is 410 g/mol. The second-order valence-electron chi connectivity index (χ2n) is 8.99. The largest absolute Gasteiger partial charge is 0.486 e. The number of carbonyl (C=O) groups is 3. The lowest BCUT2D eigenvalue weighted by Gasteiger charge is -2.33. The number of hydrogen-bond acceptors (Lipinski definition) is 5. The van der Waals surface area contributed by atoms with Crippen molar-refractivity contribution in [2.24, 2.45) is 11.8 Å². The summed E-state index contributed by atoms with van der Waals surface area (Å²) < 4.78 is 11.2. The fourth-order valence-corrected chi connectivity index (χ4v) is 4.60. The molecule has 0 bridgehead atoms. The van der Waals surface area contributed by atoms with Crippen molar-refractivity contribution >= 4 is 23.4 Å². The van der Waals surface area contributed by atoms with Gasteiger partial charge in [0.05, 0.1) is 5.92 Å². The van der Waals surface area contributed by atoms with Crippen LogP contribution in [0.25, 0.3) is 0 Å². The molecule has 0 spiro atoms. The van der Waals surface area contributed by atoms with E-state index in [1.54, 1.807) is 17.0 Å². The number of amides is 3. The van der Waals surface area contributed by atoms with Crippen molar-refractivity contribution in [3.05, 3.63) is 18.2 Å². The monoisotopic (exact) mass is 443 g/mol. The third-order valence-electron chi connectivity index (χ3n) is 6.78. The molecule has 2 saturated heterocycles. The van der Waals surface area contributed by atoms with Crippen LogP contribution in [0.4, 0.5) is 5.69 Å². The van der Waals surface area contributed by atoms with E-state index < -0.39 is 12.0 Å². The minimum Gasteiger partial charge on any atom is -0.486 e. The average molecular weight is 444 g/mol. The normalized spacial score (nSPS) is 22.4. The molecule has 3 aliphatic rings. The van der Waals surface area contributed by atoms with Crippen LogP contribution < -0.4 is 19.7 Å². The van der Waals surface area contributed by atoms with Crippen LogP contribution >= 0.6 is 0 Å². The first kappa shape index (κ1) is 22.4. The van der Waals surface area contributed by atoms with E-state index in [0.29, 0.717) is 30.4 Å². The molecule has 4 rings (SSSR count). The molecule has 0 radical (unpaired) electrons. The van der Waals surface area contributed by atoms with Crippen LogP contribution in [-0.2, 0) is 14.4 Å². The number of piperidine rings is 1. The Balaban J connectivity index is 1.43. The highest BCUT2D eigenvalue weighted by molar-refractivity contribution is 6.01. The van der Waals surface area contributed by atoms with Gasteiger partial charge in [0.2, 0.25) is 17.7 Å². The first-order valence-corrected chi connectivity index (χ1v) is 11.8. The van der Waals surface area contributed by atoms with E-state index in [9.17, 15) is 14.4 Å². The summed E-state index contributed by atoms with van der Waals surface area (Å²) in [6.07, 6.45) is 4.08. The molecule has 3 atom stereocenters. The van der Waals surface area contributed by atoms with Crippen LogP contribution in [0.3, 0.4) is 0 Å². The third-order valence-corrected chi connectivity index (χ3v) is 6.78. The smallest absolute Gasteiger partial charge is 0.245 e. The number of nitrogens with one attached hydrogen (secondary N) is 1. The summed E-state index contributed by atoms with van der Waals surface area (Å²) in [5.41, 5.74) is 0.692. The summed E-state index contributed by atoms with van der Waals surface area (Å²) in [5.74, 6) is 0.474. The van der Waals surface area contributed by atoms with Gasteiger partial charge in [-0.25, -0.2) is 0 Å². The minimum atomic E-state index is -0.552. The third kappa shape index (κ3) is 4.69. The minimum absolute atomic E-state index is 0.000385. The highest BCUT2D eigenvalue weighted by atomic mass is 16.6. The number of ether oxygens (including phenoxy) is 2. The zero-order chi connectivity index (χ0) is 22.7. The SMILES string of the molecule is CCC(C)[C@H](NC(=O)C1CC(=O)N(c2ccc3c(c2)OCCO3)C1)C(=O)N1CCCCC1. The lowest BCUT2D eigenvalue weighted by molar-refractivity contribution is -0.139. The van der Waals surface area contributed by atoms with Crippen LogP contribution in [0, 0.1) is 11.8 Å². The molecule has 3 amide bonds. The molecule has 32 heavy (non-hydrogen) atoms. The Bertz CT molecular complexity index is 867. The van der Waals surface area contributed by atoms with Gasteiger partial charge in [-0.2, -0.15) is 0 Å². The Morgan fingerprint density at radius 1 is 1.12 bits per heavy atom. The van der Waals surface area contributed by atoms with Crippen LogP contribution in [0.2, 0.25) is 0 Å². The van der Waals surface area contributed by atoms with Gasteiger partial charge in [0.15, 0.2) is 11.5 Å². The molecule has 1 aromatic carbocycles. The molecule has 8 heteroatoms. The fourth-order valence-electron chi connectivity index (χ4n) is 4.60. The number of nitrogens with zero attached hydrogens (tertiary/aromatic N) is 2. The van der Waals surface area contributed by atoms with E-state index in [1.807, 2.05) is 24.8 Å². The maximum atomic E-state index is 13.1. The number of rotatable bonds is 6. The first-order valence-electron chi connectivity index (χ1n) is 11.8. The molecular formula is C24H33N3O5. The zero-order valence-electron chi connectivity index (χ0n) is 19.0. The van der Waals surface area contributed by atoms with Crippen LogP contribution in [0.15, 0.2) is 18.2 Å². The van der Waals surface area contributed by atoms with Gasteiger partial charge in [-0.3, -0.25) is 14.4 Å². The van der Waals surface area contributed by atoms with Crippen molar-refractivity contribution in [1.29, 1.82) is 0 Å². The maximum Gasteiger partial charge on any atom is 0.245 e. The van der Waals surface area contributed by atoms with E-state index >= 15 is 0 Å². The zero-order valence-corrected chi connectivity index (χ0v) is 19.0. The van der Waals surface area contributed by atoms with E-state index in [4.69, 9.17) is 9.47 Å². The van der Waals surface area contributed by atoms with Crippen LogP contribution in [-0.4, -0.2) is 61.5 Å². The van der Waals surface area contributed by atoms with E-state index in [1.165, 1.54) is 0 Å². The van der Waals surface area contributed by atoms with Crippen molar-refractivity contribution in [1.82, 2.24) is 10.2 Å². The summed E-state index contributed by atoms with van der Waals surface area (Å²) in [6.45, 7) is 6.78. The number of benzene rings is 1. The molecule has 3 aliphatic heterocycles. The van der Waals surface area contributed by atoms with Gasteiger partial charge < -0.3 is 24.6 Å². The summed E-state index contributed by atoms with van der Waals surface area (Å²) in [4.78, 5) is 42.5. The summed E-state index contributed by atoms with van der Waals surface area (Å²) >= 11 is 0. The van der Waals surface area contributed by atoms with E-state index in [-0.39, 0.29) is 36.6 Å². The molecule has 0 aliphatic carbocycles. The molecule has 1 aromatic rings. The average Bonchev–Trinajstić information content (AvgIpc) is 3.23. The maximum absolute atomic E-state index is 13.1. The standard InChI is InChI=1S/C24H33N3O5/c1-3-16(2)22(24(30)26-9-5-4-6-10-26)25-23(29)17-13-21(28)27(15-17)18-7-8-19-20(14-18)32-12-11-31-19/h7-8,14,16-17,22H,3-6,9-13,15H2,1-2H3,(H,25,29)/t16?,17?,22-/m0/s1. The Hall–Kier alpha value is -2.77. The molecule has 0 aromatic heterocycles. The molecule has 2 unspecified atom stereocenters. The lowest BCUT2D eigenvalue weighted by Crippen LogP contribution is -2.54. The van der Waals surface area contributed by atoms with Gasteiger partial charge in [0.25, 0.3) is 0 Å². The second-order valence-corrected chi connectivity index (χ2v) is 8.99. The predicted molar refractivity (Wildman–Crippen MR) is 120 cm³/mol. The highest BCUT2D eigenvalue weighted by Crippen LogP contribution is 2.36. The predicted octanol–water partition coefficient (Wildman–Crippen LogP) is 2.35. The van der Waals surface area contributed by atoms with Gasteiger partial charge in [-0.15, -0.1) is 0 Å². The quantitative estimate of drug-likeness (QED) is 0.729. The summed E-state index contributed by atoms with van der Waals surface area (Å²) in [6, 6.07) is 4.84. The van der Waals surface area contributed by atoms with Crippen LogP contribution in [0.5, 0.6) is 11.5 Å². The van der Waals surface area contributed by atoms with Crippen molar-refractivity contribution < 1.29 is 23.9 Å². The van der Waals surface area contributed by atoms with Gasteiger partial charge in [0, 0.05) is 37.8 Å². The van der Waals surface area contributed by atoms with Gasteiger partial charge in [0.1, 0.15) is 19.3 Å². The van der Waals surface area contributed by atoms with Crippen LogP contribution in [0.1, 0.15) is 46.0 Å². The molecule has 3 heterocycles. The van der Waals surface area contributed by atoms with E-state index in [2.05, 4.69) is 5.32 Å². The van der Waals surface area contributed by atoms with E-state index in [0.717, 1.165) is 38.8 Å². The molecule has 2 fully saturated rings. The molecule has 1 N–H and O–H groups in total. The number of carbonyl (C=O) groups excluding carboxylic acids is 3. The van der Waals surface area contributed by atoms with Gasteiger partial charge >= 0.3 is 0 Å². The van der Waals surface area contributed by atoms with Crippen molar-refractivity contribution in [3.63, 3.8) is 0 Å². The van der Waals surface area contributed by atoms with Crippen molar-refractivity contribution in [2.75, 3.05) is 37.7 Å². The Kier molecular flexibility index (Phi) is 6.86. The molecule has 0 saturated carbocycles. The number of likely N-dealkylation sites (tertiary alicyclic amines) is 1. The topological polar surface area (TPSA) is 88.2 Å². The second kappa shape index (κ2) is 9.79. The number of fused-ring (bicyclic) bond motifs is 1. The number of hydrogen-bond donors (Lipinski definition) is 1. The summed E-state index contributed by atoms with van der Waals surface area (Å²) in [7, 11) is 0. The Morgan fingerprint density at radius 2 is 1.84 bits per heavy atom.